The second-order valence-electron chi connectivity index (χ2n) is 3.69. The molecule has 14 heavy (non-hydrogen) atoms. The highest BCUT2D eigenvalue weighted by molar-refractivity contribution is 5.32. The summed E-state index contributed by atoms with van der Waals surface area (Å²) in [5, 5.41) is 0. The minimum absolute atomic E-state index is 0.735. The van der Waals surface area contributed by atoms with Gasteiger partial charge in [0.05, 0.1) is 12.8 Å². The number of methoxy groups -OCH3 is 1. The molecule has 0 radical (unpaired) electrons. The highest BCUT2D eigenvalue weighted by Crippen LogP contribution is 2.24. The van der Waals surface area contributed by atoms with Crippen LogP contribution in [0.25, 0.3) is 0 Å². The van der Waals surface area contributed by atoms with Crippen LogP contribution in [0.5, 0.6) is 5.88 Å². The van der Waals surface area contributed by atoms with E-state index in [0.717, 1.165) is 42.5 Å². The third kappa shape index (κ3) is 1.57. The van der Waals surface area contributed by atoms with E-state index in [4.69, 9.17) is 4.74 Å². The highest BCUT2D eigenvalue weighted by atomic mass is 16.5. The minimum atomic E-state index is 0.735. The number of ether oxygens (including phenoxy) is 1. The average Bonchev–Trinajstić information content (AvgIpc) is 2.17. The smallest absolute Gasteiger partial charge is 0.221 e. The van der Waals surface area contributed by atoms with Crippen LogP contribution in [-0.2, 0) is 13.0 Å². The minimum Gasteiger partial charge on any atom is -0.481 e. The topological polar surface area (TPSA) is 38.3 Å². The molecule has 1 aromatic rings. The van der Waals surface area contributed by atoms with Crippen LogP contribution in [0, 0.1) is 6.92 Å². The fraction of sp³-hybridized carbons (Fsp3) is 0.600. The molecule has 0 atom stereocenters. The molecule has 0 saturated carbocycles. The van der Waals surface area contributed by atoms with Crippen molar-refractivity contribution in [2.24, 2.45) is 0 Å². The molecule has 0 spiro atoms. The molecule has 0 saturated heterocycles. The third-order valence-electron chi connectivity index (χ3n) is 2.52. The second-order valence-corrected chi connectivity index (χ2v) is 3.69. The van der Waals surface area contributed by atoms with Crippen molar-refractivity contribution in [3.63, 3.8) is 0 Å². The summed E-state index contributed by atoms with van der Waals surface area (Å²) in [4.78, 5) is 11.0. The van der Waals surface area contributed by atoms with Gasteiger partial charge in [0.25, 0.3) is 0 Å². The van der Waals surface area contributed by atoms with E-state index >= 15 is 0 Å². The molecular formula is C10H15N3O. The van der Waals surface area contributed by atoms with Crippen LogP contribution in [0.2, 0.25) is 0 Å². The zero-order valence-corrected chi connectivity index (χ0v) is 8.87. The summed E-state index contributed by atoms with van der Waals surface area (Å²) in [5.41, 5.74) is 2.29. The molecule has 1 aliphatic heterocycles. The Morgan fingerprint density at radius 1 is 1.36 bits per heavy atom. The second kappa shape index (κ2) is 3.53. The Morgan fingerprint density at radius 3 is 2.86 bits per heavy atom. The van der Waals surface area contributed by atoms with E-state index < -0.39 is 0 Å². The maximum absolute atomic E-state index is 5.26. The predicted molar refractivity (Wildman–Crippen MR) is 53.4 cm³/mol. The van der Waals surface area contributed by atoms with Gasteiger partial charge < -0.3 is 9.64 Å². The number of nitrogens with zero attached hydrogens (tertiary/aromatic N) is 3. The maximum Gasteiger partial charge on any atom is 0.221 e. The van der Waals surface area contributed by atoms with Gasteiger partial charge in [0.2, 0.25) is 5.88 Å². The number of hydrogen-bond acceptors (Lipinski definition) is 4. The van der Waals surface area contributed by atoms with Crippen LogP contribution in [0.3, 0.4) is 0 Å². The Kier molecular flexibility index (Phi) is 2.37. The molecule has 4 heteroatoms. The molecule has 2 rings (SSSR count). The van der Waals surface area contributed by atoms with Crippen molar-refractivity contribution in [2.75, 3.05) is 20.7 Å². The van der Waals surface area contributed by atoms with E-state index in [-0.39, 0.29) is 0 Å². The van der Waals surface area contributed by atoms with E-state index in [1.165, 1.54) is 0 Å². The molecule has 0 amide bonds. The summed E-state index contributed by atoms with van der Waals surface area (Å²) in [6.45, 7) is 3.85. The Morgan fingerprint density at radius 2 is 2.14 bits per heavy atom. The van der Waals surface area contributed by atoms with Gasteiger partial charge in [-0.2, -0.15) is 4.98 Å². The van der Waals surface area contributed by atoms with Gasteiger partial charge in [-0.15, -0.1) is 0 Å². The lowest BCUT2D eigenvalue weighted by Crippen LogP contribution is -2.28. The summed E-state index contributed by atoms with van der Waals surface area (Å²) in [6, 6.07) is 0. The predicted octanol–water partition coefficient (Wildman–Crippen LogP) is 0.782. The van der Waals surface area contributed by atoms with Gasteiger partial charge in [-0.3, -0.25) is 0 Å². The lowest BCUT2D eigenvalue weighted by molar-refractivity contribution is 0.294. The van der Waals surface area contributed by atoms with Gasteiger partial charge in [-0.1, -0.05) is 0 Å². The number of fused-ring (bicyclic) bond motifs is 1. The Bertz CT molecular complexity index is 334. The molecule has 1 aromatic heterocycles. The van der Waals surface area contributed by atoms with Gasteiger partial charge in [0, 0.05) is 25.1 Å². The van der Waals surface area contributed by atoms with E-state index in [0.29, 0.717) is 0 Å². The largest absolute Gasteiger partial charge is 0.481 e. The van der Waals surface area contributed by atoms with Crippen LogP contribution in [0.4, 0.5) is 0 Å². The summed E-state index contributed by atoms with van der Waals surface area (Å²) < 4.78 is 5.26. The van der Waals surface area contributed by atoms with Crippen LogP contribution in [0.15, 0.2) is 0 Å². The van der Waals surface area contributed by atoms with Gasteiger partial charge in [-0.25, -0.2) is 4.98 Å². The van der Waals surface area contributed by atoms with E-state index in [1.807, 2.05) is 6.92 Å². The first-order valence-electron chi connectivity index (χ1n) is 4.79. The number of aryl methyl sites for hydroxylation is 1. The standard InChI is InChI=1S/C10H15N3O/c1-7-11-9-4-5-13(2)6-8(9)10(12-7)14-3/h4-6H2,1-3H3. The van der Waals surface area contributed by atoms with Crippen molar-refractivity contribution in [3.05, 3.63) is 17.1 Å². The first kappa shape index (κ1) is 9.40. The van der Waals surface area contributed by atoms with Gasteiger partial charge in [0.15, 0.2) is 0 Å². The molecule has 76 valence electrons. The molecule has 0 fully saturated rings. The zero-order valence-electron chi connectivity index (χ0n) is 8.87. The summed E-state index contributed by atoms with van der Waals surface area (Å²) in [6.07, 6.45) is 0.992. The monoisotopic (exact) mass is 193 g/mol. The molecule has 0 N–H and O–H groups in total. The quantitative estimate of drug-likeness (QED) is 0.660. The first-order chi connectivity index (χ1) is 6.70. The van der Waals surface area contributed by atoms with Crippen molar-refractivity contribution in [1.29, 1.82) is 0 Å². The van der Waals surface area contributed by atoms with Crippen LogP contribution >= 0.6 is 0 Å². The first-order valence-corrected chi connectivity index (χ1v) is 4.79. The molecule has 2 heterocycles. The summed E-state index contributed by atoms with van der Waals surface area (Å²) in [5.74, 6) is 1.53. The van der Waals surface area contributed by atoms with E-state index in [9.17, 15) is 0 Å². The maximum atomic E-state index is 5.26. The summed E-state index contributed by atoms with van der Waals surface area (Å²) >= 11 is 0. The average molecular weight is 193 g/mol. The molecule has 0 aliphatic carbocycles. The van der Waals surface area contributed by atoms with Crippen molar-refractivity contribution >= 4 is 0 Å². The van der Waals surface area contributed by atoms with Crippen molar-refractivity contribution < 1.29 is 4.74 Å². The van der Waals surface area contributed by atoms with Gasteiger partial charge >= 0.3 is 0 Å². The van der Waals surface area contributed by atoms with Crippen molar-refractivity contribution in [1.82, 2.24) is 14.9 Å². The molecule has 1 aliphatic rings. The molecule has 0 bridgehead atoms. The number of aromatic nitrogens is 2. The van der Waals surface area contributed by atoms with E-state index in [1.54, 1.807) is 7.11 Å². The highest BCUT2D eigenvalue weighted by Gasteiger charge is 2.19. The Labute approximate surface area is 83.9 Å². The number of hydrogen-bond donors (Lipinski definition) is 0. The number of rotatable bonds is 1. The SMILES string of the molecule is COc1nc(C)nc2c1CN(C)CC2. The molecular weight excluding hydrogens is 178 g/mol. The fourth-order valence-corrected chi connectivity index (χ4v) is 1.81. The van der Waals surface area contributed by atoms with Crippen LogP contribution < -0.4 is 4.74 Å². The fourth-order valence-electron chi connectivity index (χ4n) is 1.81. The molecule has 0 aromatic carbocycles. The summed E-state index contributed by atoms with van der Waals surface area (Å²) in [7, 11) is 3.76. The molecule has 4 nitrogen and oxygen atoms in total. The van der Waals surface area contributed by atoms with Gasteiger partial charge in [-0.05, 0) is 14.0 Å². The zero-order chi connectivity index (χ0) is 10.1. The number of likely N-dealkylation sites (N-methyl/N-ethyl adjacent to an activating group) is 1. The Balaban J connectivity index is 2.47. The lowest BCUT2D eigenvalue weighted by Gasteiger charge is -2.25. The van der Waals surface area contributed by atoms with Crippen molar-refractivity contribution in [2.45, 2.75) is 19.9 Å². The van der Waals surface area contributed by atoms with Crippen molar-refractivity contribution in [3.8, 4) is 5.88 Å². The van der Waals surface area contributed by atoms with E-state index in [2.05, 4.69) is 21.9 Å². The third-order valence-corrected chi connectivity index (χ3v) is 2.52. The molecule has 0 unspecified atom stereocenters. The Hall–Kier alpha value is -1.16. The lowest BCUT2D eigenvalue weighted by atomic mass is 10.1. The van der Waals surface area contributed by atoms with Crippen LogP contribution in [0.1, 0.15) is 17.1 Å². The normalized spacial score (nSPS) is 16.5. The van der Waals surface area contributed by atoms with Crippen LogP contribution in [-0.4, -0.2) is 35.6 Å². The van der Waals surface area contributed by atoms with Gasteiger partial charge in [0.1, 0.15) is 5.82 Å².